The monoisotopic (exact) mass is 263 g/mol. The van der Waals surface area contributed by atoms with Crippen LogP contribution in [0, 0.1) is 11.3 Å². The molecule has 1 saturated heterocycles. The second-order valence-corrected chi connectivity index (χ2v) is 5.31. The molecule has 1 aliphatic heterocycles. The zero-order valence-corrected chi connectivity index (χ0v) is 11.3. The Morgan fingerprint density at radius 2 is 2.11 bits per heavy atom. The topological polar surface area (TPSA) is 30.3 Å². The van der Waals surface area contributed by atoms with Gasteiger partial charge in [-0.05, 0) is 12.6 Å². The second kappa shape index (κ2) is 6.19. The Kier molecular flexibility index (Phi) is 4.60. The summed E-state index contributed by atoms with van der Waals surface area (Å²) in [4.78, 5) is 4.64. The van der Waals surface area contributed by atoms with Crippen LogP contribution in [-0.2, 0) is 0 Å². The molecule has 2 unspecified atom stereocenters. The molecule has 0 spiro atoms. The van der Waals surface area contributed by atoms with Crippen molar-refractivity contribution in [1.82, 2.24) is 9.80 Å². The van der Waals surface area contributed by atoms with Crippen LogP contribution in [0.2, 0.25) is 0 Å². The summed E-state index contributed by atoms with van der Waals surface area (Å²) in [5, 5.41) is 8.42. The Balaban J connectivity index is 2.14. The van der Waals surface area contributed by atoms with Gasteiger partial charge in [0, 0.05) is 32.2 Å². The SMILES string of the molecule is CN1CCN(CC(Cl)C#N)C(c2ccccc2)C1. The summed E-state index contributed by atoms with van der Waals surface area (Å²) in [6.07, 6.45) is 0. The van der Waals surface area contributed by atoms with Crippen molar-refractivity contribution in [3.63, 3.8) is 0 Å². The van der Waals surface area contributed by atoms with Crippen molar-refractivity contribution in [3.05, 3.63) is 35.9 Å². The number of nitrogens with zero attached hydrogens (tertiary/aromatic N) is 3. The van der Waals surface area contributed by atoms with E-state index in [4.69, 9.17) is 16.9 Å². The molecule has 1 aromatic carbocycles. The fourth-order valence-corrected chi connectivity index (χ4v) is 2.59. The fourth-order valence-electron chi connectivity index (χ4n) is 2.41. The lowest BCUT2D eigenvalue weighted by atomic mass is 10.0. The quantitative estimate of drug-likeness (QED) is 0.783. The molecule has 0 amide bonds. The molecule has 1 fully saturated rings. The molecule has 3 nitrogen and oxygen atoms in total. The van der Waals surface area contributed by atoms with Crippen LogP contribution in [0.4, 0.5) is 0 Å². The fraction of sp³-hybridized carbons (Fsp3) is 0.500. The van der Waals surface area contributed by atoms with Gasteiger partial charge in [0.25, 0.3) is 0 Å². The van der Waals surface area contributed by atoms with E-state index in [2.05, 4.69) is 47.2 Å². The molecule has 18 heavy (non-hydrogen) atoms. The van der Waals surface area contributed by atoms with Crippen molar-refractivity contribution in [1.29, 1.82) is 5.26 Å². The second-order valence-electron chi connectivity index (χ2n) is 4.78. The van der Waals surface area contributed by atoms with Gasteiger partial charge < -0.3 is 4.90 Å². The van der Waals surface area contributed by atoms with Crippen LogP contribution in [-0.4, -0.2) is 48.4 Å². The molecule has 0 saturated carbocycles. The van der Waals surface area contributed by atoms with Crippen LogP contribution >= 0.6 is 11.6 Å². The Bertz CT molecular complexity index is 415. The van der Waals surface area contributed by atoms with Gasteiger partial charge in [0.1, 0.15) is 5.38 Å². The van der Waals surface area contributed by atoms with Gasteiger partial charge in [0.15, 0.2) is 0 Å². The standard InChI is InChI=1S/C14H18ClN3/c1-17-7-8-18(10-13(15)9-16)14(11-17)12-5-3-2-4-6-12/h2-6,13-14H,7-8,10-11H2,1H3. The molecule has 0 bridgehead atoms. The van der Waals surface area contributed by atoms with E-state index in [0.717, 1.165) is 19.6 Å². The molecular formula is C14H18ClN3. The maximum absolute atomic E-state index is 8.86. The van der Waals surface area contributed by atoms with Gasteiger partial charge in [-0.25, -0.2) is 0 Å². The summed E-state index contributed by atoms with van der Waals surface area (Å²) in [5.41, 5.74) is 1.30. The molecule has 0 aromatic heterocycles. The predicted octanol–water partition coefficient (Wildman–Crippen LogP) is 2.11. The first-order valence-corrected chi connectivity index (χ1v) is 6.65. The van der Waals surface area contributed by atoms with Crippen LogP contribution in [0.5, 0.6) is 0 Å². The molecule has 0 aliphatic carbocycles. The third-order valence-electron chi connectivity index (χ3n) is 3.41. The highest BCUT2D eigenvalue weighted by Crippen LogP contribution is 2.25. The number of piperazine rings is 1. The lowest BCUT2D eigenvalue weighted by molar-refractivity contribution is 0.0927. The van der Waals surface area contributed by atoms with E-state index in [-0.39, 0.29) is 0 Å². The molecule has 1 aromatic rings. The first-order valence-electron chi connectivity index (χ1n) is 6.22. The lowest BCUT2D eigenvalue weighted by Gasteiger charge is -2.40. The first-order chi connectivity index (χ1) is 8.70. The third kappa shape index (κ3) is 3.23. The number of rotatable bonds is 3. The molecule has 4 heteroatoms. The number of benzene rings is 1. The predicted molar refractivity (Wildman–Crippen MR) is 73.5 cm³/mol. The largest absolute Gasteiger partial charge is 0.303 e. The van der Waals surface area contributed by atoms with E-state index in [1.165, 1.54) is 5.56 Å². The van der Waals surface area contributed by atoms with E-state index in [0.29, 0.717) is 12.6 Å². The smallest absolute Gasteiger partial charge is 0.133 e. The number of hydrogen-bond acceptors (Lipinski definition) is 3. The minimum atomic E-state index is -0.431. The van der Waals surface area contributed by atoms with E-state index in [1.54, 1.807) is 0 Å². The van der Waals surface area contributed by atoms with E-state index in [1.807, 2.05) is 6.07 Å². The van der Waals surface area contributed by atoms with Crippen LogP contribution in [0.3, 0.4) is 0 Å². The lowest BCUT2D eigenvalue weighted by Crippen LogP contribution is -2.48. The molecular weight excluding hydrogens is 246 g/mol. The highest BCUT2D eigenvalue weighted by molar-refractivity contribution is 6.22. The maximum atomic E-state index is 8.86. The first kappa shape index (κ1) is 13.4. The van der Waals surface area contributed by atoms with Crippen molar-refractivity contribution in [2.24, 2.45) is 0 Å². The van der Waals surface area contributed by atoms with Gasteiger partial charge in [0.05, 0.1) is 6.07 Å². The molecule has 0 radical (unpaired) electrons. The van der Waals surface area contributed by atoms with Gasteiger partial charge in [-0.15, -0.1) is 11.6 Å². The Hall–Kier alpha value is -1.08. The van der Waals surface area contributed by atoms with Gasteiger partial charge in [0.2, 0.25) is 0 Å². The Morgan fingerprint density at radius 3 is 2.78 bits per heavy atom. The summed E-state index contributed by atoms with van der Waals surface area (Å²) in [5.74, 6) is 0. The number of alkyl halides is 1. The average Bonchev–Trinajstić information content (AvgIpc) is 2.41. The zero-order chi connectivity index (χ0) is 13.0. The van der Waals surface area contributed by atoms with Crippen molar-refractivity contribution >= 4 is 11.6 Å². The summed E-state index contributed by atoms with van der Waals surface area (Å²) in [6, 6.07) is 12.9. The normalized spacial score (nSPS) is 23.5. The minimum Gasteiger partial charge on any atom is -0.303 e. The van der Waals surface area contributed by atoms with Gasteiger partial charge in [-0.3, -0.25) is 4.90 Å². The summed E-state index contributed by atoms with van der Waals surface area (Å²) in [6.45, 7) is 3.60. The summed E-state index contributed by atoms with van der Waals surface area (Å²) in [7, 11) is 2.13. The number of hydrogen-bond donors (Lipinski definition) is 0. The van der Waals surface area contributed by atoms with E-state index >= 15 is 0 Å². The van der Waals surface area contributed by atoms with Crippen LogP contribution < -0.4 is 0 Å². The van der Waals surface area contributed by atoms with Gasteiger partial charge >= 0.3 is 0 Å². The van der Waals surface area contributed by atoms with Crippen LogP contribution in [0.1, 0.15) is 11.6 Å². The average molecular weight is 264 g/mol. The van der Waals surface area contributed by atoms with E-state index in [9.17, 15) is 0 Å². The van der Waals surface area contributed by atoms with Crippen molar-refractivity contribution < 1.29 is 0 Å². The summed E-state index contributed by atoms with van der Waals surface area (Å²) >= 11 is 5.97. The molecule has 0 N–H and O–H groups in total. The number of halogens is 1. The van der Waals surface area contributed by atoms with Gasteiger partial charge in [-0.2, -0.15) is 5.26 Å². The Labute approximate surface area is 114 Å². The van der Waals surface area contributed by atoms with E-state index < -0.39 is 5.38 Å². The molecule has 96 valence electrons. The number of nitriles is 1. The minimum absolute atomic E-state index is 0.333. The van der Waals surface area contributed by atoms with Crippen LogP contribution in [0.25, 0.3) is 0 Å². The van der Waals surface area contributed by atoms with Gasteiger partial charge in [-0.1, -0.05) is 30.3 Å². The zero-order valence-electron chi connectivity index (χ0n) is 10.6. The maximum Gasteiger partial charge on any atom is 0.133 e. The molecule has 2 rings (SSSR count). The van der Waals surface area contributed by atoms with Crippen LogP contribution in [0.15, 0.2) is 30.3 Å². The van der Waals surface area contributed by atoms with Crippen molar-refractivity contribution in [2.75, 3.05) is 33.2 Å². The highest BCUT2D eigenvalue weighted by atomic mass is 35.5. The molecule has 1 aliphatic rings. The van der Waals surface area contributed by atoms with Crippen molar-refractivity contribution in [2.45, 2.75) is 11.4 Å². The summed E-state index contributed by atoms with van der Waals surface area (Å²) < 4.78 is 0. The molecule has 1 heterocycles. The Morgan fingerprint density at radius 1 is 1.39 bits per heavy atom. The number of likely N-dealkylation sites (N-methyl/N-ethyl adjacent to an activating group) is 1. The van der Waals surface area contributed by atoms with Crippen molar-refractivity contribution in [3.8, 4) is 6.07 Å². The molecule has 2 atom stereocenters. The third-order valence-corrected chi connectivity index (χ3v) is 3.65. The highest BCUT2D eigenvalue weighted by Gasteiger charge is 2.27.